The Bertz CT molecular complexity index is 387. The highest BCUT2D eigenvalue weighted by molar-refractivity contribution is 5.47. The Labute approximate surface area is 99.4 Å². The maximum absolute atomic E-state index is 13.6. The van der Waals surface area contributed by atoms with Crippen molar-refractivity contribution in [3.05, 3.63) is 17.7 Å². The molecule has 0 spiro atoms. The number of nitrogens with two attached hydrogens (primary N) is 1. The molecule has 1 aromatic rings. The summed E-state index contributed by atoms with van der Waals surface area (Å²) in [5, 5.41) is 0. The fourth-order valence-electron chi connectivity index (χ4n) is 1.67. The Kier molecular flexibility index (Phi) is 4.62. The fourth-order valence-corrected chi connectivity index (χ4v) is 1.67. The smallest absolute Gasteiger partial charge is 0.168 e. The van der Waals surface area contributed by atoms with Gasteiger partial charge >= 0.3 is 0 Å². The summed E-state index contributed by atoms with van der Waals surface area (Å²) in [5.41, 5.74) is 5.35. The zero-order valence-electron chi connectivity index (χ0n) is 10.2. The first kappa shape index (κ1) is 13.6. The number of ether oxygens (including phenoxy) is 1. The monoisotopic (exact) mass is 245 g/mol. The maximum atomic E-state index is 13.6. The molecule has 0 fully saturated rings. The SMILES string of the molecule is CCN(c1nc(N)c(F)cc1F)C(C)COC. The predicted octanol–water partition coefficient (Wildman–Crippen LogP) is 1.80. The molecule has 1 unspecified atom stereocenters. The quantitative estimate of drug-likeness (QED) is 0.859. The molecule has 0 saturated heterocycles. The summed E-state index contributed by atoms with van der Waals surface area (Å²) >= 11 is 0. The van der Waals surface area contributed by atoms with Crippen LogP contribution in [0.3, 0.4) is 0 Å². The van der Waals surface area contributed by atoms with Crippen LogP contribution < -0.4 is 10.6 Å². The first-order valence-electron chi connectivity index (χ1n) is 5.38. The number of hydrogen-bond donors (Lipinski definition) is 1. The van der Waals surface area contributed by atoms with Crippen LogP contribution in [0.15, 0.2) is 6.07 Å². The van der Waals surface area contributed by atoms with Gasteiger partial charge in [-0.2, -0.15) is 0 Å². The van der Waals surface area contributed by atoms with Crippen LogP contribution in [0.2, 0.25) is 0 Å². The molecule has 0 aliphatic rings. The van der Waals surface area contributed by atoms with Crippen LogP contribution in [0.4, 0.5) is 20.4 Å². The molecule has 0 aliphatic heterocycles. The number of aromatic nitrogens is 1. The Morgan fingerprint density at radius 3 is 2.65 bits per heavy atom. The molecule has 0 radical (unpaired) electrons. The van der Waals surface area contributed by atoms with Gasteiger partial charge in [0.2, 0.25) is 0 Å². The normalized spacial score (nSPS) is 12.5. The highest BCUT2D eigenvalue weighted by Crippen LogP contribution is 2.22. The minimum atomic E-state index is -0.846. The Hall–Kier alpha value is -1.43. The van der Waals surface area contributed by atoms with Crippen LogP contribution in [-0.4, -0.2) is 31.3 Å². The van der Waals surface area contributed by atoms with E-state index in [0.717, 1.165) is 6.07 Å². The summed E-state index contributed by atoms with van der Waals surface area (Å²) in [6.45, 7) is 4.67. The number of halogens is 2. The number of nitrogen functional groups attached to an aromatic ring is 1. The van der Waals surface area contributed by atoms with Crippen LogP contribution in [0.5, 0.6) is 0 Å². The summed E-state index contributed by atoms with van der Waals surface area (Å²) in [4.78, 5) is 5.42. The molecule has 6 heteroatoms. The molecule has 17 heavy (non-hydrogen) atoms. The summed E-state index contributed by atoms with van der Waals surface area (Å²) < 4.78 is 31.6. The van der Waals surface area contributed by atoms with Crippen LogP contribution in [0, 0.1) is 11.6 Å². The number of methoxy groups -OCH3 is 1. The number of anilines is 2. The number of hydrogen-bond acceptors (Lipinski definition) is 4. The third-order valence-corrected chi connectivity index (χ3v) is 2.49. The summed E-state index contributed by atoms with van der Waals surface area (Å²) in [6, 6.07) is 0.677. The maximum Gasteiger partial charge on any atom is 0.168 e. The molecule has 0 bridgehead atoms. The fraction of sp³-hybridized carbons (Fsp3) is 0.545. The lowest BCUT2D eigenvalue weighted by Gasteiger charge is -2.29. The topological polar surface area (TPSA) is 51.4 Å². The van der Waals surface area contributed by atoms with E-state index in [9.17, 15) is 8.78 Å². The molecular formula is C11H17F2N3O. The van der Waals surface area contributed by atoms with Gasteiger partial charge < -0.3 is 15.4 Å². The van der Waals surface area contributed by atoms with E-state index >= 15 is 0 Å². The van der Waals surface area contributed by atoms with Gasteiger partial charge in [-0.1, -0.05) is 0 Å². The van der Waals surface area contributed by atoms with Gasteiger partial charge in [-0.25, -0.2) is 13.8 Å². The second-order valence-corrected chi connectivity index (χ2v) is 3.75. The molecule has 1 atom stereocenters. The van der Waals surface area contributed by atoms with Crippen LogP contribution in [0.1, 0.15) is 13.8 Å². The third-order valence-electron chi connectivity index (χ3n) is 2.49. The molecular weight excluding hydrogens is 228 g/mol. The molecule has 1 aromatic heterocycles. The van der Waals surface area contributed by atoms with E-state index in [1.54, 1.807) is 12.0 Å². The van der Waals surface area contributed by atoms with Crippen molar-refractivity contribution in [3.8, 4) is 0 Å². The van der Waals surface area contributed by atoms with Gasteiger partial charge in [0.15, 0.2) is 23.3 Å². The zero-order valence-corrected chi connectivity index (χ0v) is 10.2. The lowest BCUT2D eigenvalue weighted by molar-refractivity contribution is 0.181. The predicted molar refractivity (Wildman–Crippen MR) is 62.9 cm³/mol. The molecule has 2 N–H and O–H groups in total. The second kappa shape index (κ2) is 5.77. The van der Waals surface area contributed by atoms with Crippen molar-refractivity contribution in [3.63, 3.8) is 0 Å². The number of pyridine rings is 1. The van der Waals surface area contributed by atoms with E-state index in [2.05, 4.69) is 4.98 Å². The average molecular weight is 245 g/mol. The minimum absolute atomic E-state index is 0.0518. The Balaban J connectivity index is 3.07. The van der Waals surface area contributed by atoms with E-state index in [4.69, 9.17) is 10.5 Å². The van der Waals surface area contributed by atoms with Crippen molar-refractivity contribution in [1.82, 2.24) is 4.98 Å². The van der Waals surface area contributed by atoms with E-state index in [0.29, 0.717) is 13.2 Å². The standard InChI is InChI=1S/C11H17F2N3O/c1-4-16(7(2)6-17-3)11-9(13)5-8(12)10(14)15-11/h5,7H,4,6H2,1-3H3,(H2,14,15). The molecule has 0 aromatic carbocycles. The molecule has 0 saturated carbocycles. The van der Waals surface area contributed by atoms with Gasteiger partial charge in [-0.3, -0.25) is 0 Å². The van der Waals surface area contributed by atoms with E-state index < -0.39 is 11.6 Å². The van der Waals surface area contributed by atoms with E-state index in [-0.39, 0.29) is 17.7 Å². The number of rotatable bonds is 5. The first-order valence-corrected chi connectivity index (χ1v) is 5.38. The minimum Gasteiger partial charge on any atom is -0.383 e. The van der Waals surface area contributed by atoms with E-state index in [1.807, 2.05) is 13.8 Å². The molecule has 0 amide bonds. The van der Waals surface area contributed by atoms with Crippen molar-refractivity contribution in [2.75, 3.05) is 30.9 Å². The molecule has 0 aliphatic carbocycles. The first-order chi connectivity index (χ1) is 8.01. The Morgan fingerprint density at radius 2 is 2.12 bits per heavy atom. The van der Waals surface area contributed by atoms with Crippen LogP contribution in [-0.2, 0) is 4.74 Å². The third kappa shape index (κ3) is 3.03. The van der Waals surface area contributed by atoms with Crippen molar-refractivity contribution in [1.29, 1.82) is 0 Å². The van der Waals surface area contributed by atoms with Gasteiger partial charge in [0, 0.05) is 19.7 Å². The Morgan fingerprint density at radius 1 is 1.47 bits per heavy atom. The van der Waals surface area contributed by atoms with Crippen molar-refractivity contribution in [2.24, 2.45) is 0 Å². The summed E-state index contributed by atoms with van der Waals surface area (Å²) in [7, 11) is 1.56. The van der Waals surface area contributed by atoms with Gasteiger partial charge in [0.1, 0.15) is 0 Å². The molecule has 4 nitrogen and oxygen atoms in total. The summed E-state index contributed by atoms with van der Waals surface area (Å²) in [6.07, 6.45) is 0. The number of likely N-dealkylation sites (N-methyl/N-ethyl adjacent to an activating group) is 1. The average Bonchev–Trinajstić information content (AvgIpc) is 2.26. The second-order valence-electron chi connectivity index (χ2n) is 3.75. The zero-order chi connectivity index (χ0) is 13.0. The molecule has 96 valence electrons. The molecule has 1 rings (SSSR count). The van der Waals surface area contributed by atoms with Gasteiger partial charge in [0.25, 0.3) is 0 Å². The van der Waals surface area contributed by atoms with Crippen molar-refractivity contribution in [2.45, 2.75) is 19.9 Å². The van der Waals surface area contributed by atoms with Crippen LogP contribution >= 0.6 is 0 Å². The van der Waals surface area contributed by atoms with Gasteiger partial charge in [-0.05, 0) is 13.8 Å². The van der Waals surface area contributed by atoms with Crippen molar-refractivity contribution < 1.29 is 13.5 Å². The molecule has 1 heterocycles. The van der Waals surface area contributed by atoms with Crippen LogP contribution in [0.25, 0.3) is 0 Å². The lowest BCUT2D eigenvalue weighted by Crippen LogP contribution is -2.37. The number of nitrogens with zero attached hydrogens (tertiary/aromatic N) is 2. The summed E-state index contributed by atoms with van der Waals surface area (Å²) in [5.74, 6) is -1.82. The van der Waals surface area contributed by atoms with E-state index in [1.165, 1.54) is 0 Å². The van der Waals surface area contributed by atoms with Crippen molar-refractivity contribution >= 4 is 11.6 Å². The van der Waals surface area contributed by atoms with Gasteiger partial charge in [-0.15, -0.1) is 0 Å². The highest BCUT2D eigenvalue weighted by Gasteiger charge is 2.19. The highest BCUT2D eigenvalue weighted by atomic mass is 19.1. The van der Waals surface area contributed by atoms with Gasteiger partial charge in [0.05, 0.1) is 12.6 Å². The largest absolute Gasteiger partial charge is 0.383 e. The lowest BCUT2D eigenvalue weighted by atomic mass is 10.2.